The highest BCUT2D eigenvalue weighted by Gasteiger charge is 2.34. The van der Waals surface area contributed by atoms with Crippen molar-refractivity contribution in [3.05, 3.63) is 24.3 Å². The van der Waals surface area contributed by atoms with Crippen molar-refractivity contribution in [2.24, 2.45) is 5.73 Å². The summed E-state index contributed by atoms with van der Waals surface area (Å²) in [6, 6.07) is 7.21. The number of nitrogens with two attached hydrogens (primary N) is 1. The van der Waals surface area contributed by atoms with E-state index in [1.165, 1.54) is 0 Å². The van der Waals surface area contributed by atoms with Gasteiger partial charge in [0.25, 0.3) is 0 Å². The van der Waals surface area contributed by atoms with Gasteiger partial charge in [0.05, 0.1) is 0 Å². The molecule has 3 rings (SSSR count). The molecule has 1 saturated heterocycles. The Morgan fingerprint density at radius 3 is 2.57 bits per heavy atom. The van der Waals surface area contributed by atoms with Crippen LogP contribution in [-0.2, 0) is 4.79 Å². The van der Waals surface area contributed by atoms with Crippen LogP contribution in [0.4, 0.5) is 16.2 Å². The predicted molar refractivity (Wildman–Crippen MR) is 81.2 cm³/mol. The highest BCUT2D eigenvalue weighted by Crippen LogP contribution is 2.32. The average molecular weight is 288 g/mol. The van der Waals surface area contributed by atoms with E-state index in [2.05, 4.69) is 10.6 Å². The predicted octanol–water partition coefficient (Wildman–Crippen LogP) is 1.43. The molecule has 0 atom stereocenters. The SMILES string of the molecule is NC1(CC(=O)Nc2ccc(N3CCNC3=O)cc2)CCC1. The van der Waals surface area contributed by atoms with Crippen LogP contribution in [0.5, 0.6) is 0 Å². The minimum atomic E-state index is -0.308. The van der Waals surface area contributed by atoms with E-state index in [0.717, 1.165) is 30.6 Å². The Balaban J connectivity index is 1.59. The third-order valence-corrected chi connectivity index (χ3v) is 4.18. The Bertz CT molecular complexity index is 551. The lowest BCUT2D eigenvalue weighted by Crippen LogP contribution is -2.48. The molecular weight excluding hydrogens is 268 g/mol. The summed E-state index contributed by atoms with van der Waals surface area (Å²) in [7, 11) is 0. The molecule has 1 aromatic carbocycles. The maximum Gasteiger partial charge on any atom is 0.321 e. The van der Waals surface area contributed by atoms with E-state index in [1.54, 1.807) is 4.90 Å². The van der Waals surface area contributed by atoms with Gasteiger partial charge in [-0.05, 0) is 43.5 Å². The van der Waals surface area contributed by atoms with Crippen molar-refractivity contribution in [3.63, 3.8) is 0 Å². The number of carbonyl (C=O) groups is 2. The number of rotatable bonds is 4. The first-order valence-electron chi connectivity index (χ1n) is 7.30. The van der Waals surface area contributed by atoms with Crippen molar-refractivity contribution < 1.29 is 9.59 Å². The maximum absolute atomic E-state index is 11.9. The number of benzene rings is 1. The summed E-state index contributed by atoms with van der Waals surface area (Å²) in [5, 5.41) is 5.61. The number of hydrogen-bond acceptors (Lipinski definition) is 3. The zero-order chi connectivity index (χ0) is 14.9. The molecule has 1 aromatic rings. The van der Waals surface area contributed by atoms with Crippen LogP contribution < -0.4 is 21.3 Å². The van der Waals surface area contributed by atoms with E-state index in [4.69, 9.17) is 5.73 Å². The van der Waals surface area contributed by atoms with Crippen LogP contribution in [0.15, 0.2) is 24.3 Å². The molecule has 0 unspecified atom stereocenters. The normalized spacial score (nSPS) is 19.9. The maximum atomic E-state index is 11.9. The fourth-order valence-corrected chi connectivity index (χ4v) is 2.78. The summed E-state index contributed by atoms with van der Waals surface area (Å²) in [5.74, 6) is -0.0520. The number of urea groups is 1. The molecule has 112 valence electrons. The molecule has 1 aliphatic carbocycles. The molecule has 0 spiro atoms. The highest BCUT2D eigenvalue weighted by molar-refractivity contribution is 5.95. The number of hydrogen-bond donors (Lipinski definition) is 3. The summed E-state index contributed by atoms with van der Waals surface area (Å²) >= 11 is 0. The molecule has 21 heavy (non-hydrogen) atoms. The number of carbonyl (C=O) groups excluding carboxylic acids is 2. The first-order chi connectivity index (χ1) is 10.1. The third kappa shape index (κ3) is 3.00. The Morgan fingerprint density at radius 1 is 1.33 bits per heavy atom. The Morgan fingerprint density at radius 2 is 2.05 bits per heavy atom. The molecule has 6 heteroatoms. The van der Waals surface area contributed by atoms with E-state index >= 15 is 0 Å². The lowest BCUT2D eigenvalue weighted by Gasteiger charge is -2.37. The van der Waals surface area contributed by atoms with Crippen LogP contribution in [0, 0.1) is 0 Å². The molecule has 3 amide bonds. The summed E-state index contributed by atoms with van der Waals surface area (Å²) in [5.41, 5.74) is 7.32. The van der Waals surface area contributed by atoms with E-state index in [1.807, 2.05) is 24.3 Å². The van der Waals surface area contributed by atoms with E-state index in [0.29, 0.717) is 19.5 Å². The number of nitrogens with zero attached hydrogens (tertiary/aromatic N) is 1. The second-order valence-electron chi connectivity index (χ2n) is 5.87. The zero-order valence-corrected chi connectivity index (χ0v) is 11.9. The molecule has 1 saturated carbocycles. The van der Waals surface area contributed by atoms with Crippen molar-refractivity contribution in [3.8, 4) is 0 Å². The van der Waals surface area contributed by atoms with Crippen LogP contribution in [0.3, 0.4) is 0 Å². The van der Waals surface area contributed by atoms with Crippen LogP contribution in [0.2, 0.25) is 0 Å². The topological polar surface area (TPSA) is 87.5 Å². The Hall–Kier alpha value is -2.08. The van der Waals surface area contributed by atoms with Gasteiger partial charge < -0.3 is 16.4 Å². The Labute approximate surface area is 123 Å². The van der Waals surface area contributed by atoms with Gasteiger partial charge in [-0.1, -0.05) is 0 Å². The second kappa shape index (κ2) is 5.37. The van der Waals surface area contributed by atoms with Crippen LogP contribution >= 0.6 is 0 Å². The summed E-state index contributed by atoms with van der Waals surface area (Å²) < 4.78 is 0. The van der Waals surface area contributed by atoms with Gasteiger partial charge in [0.15, 0.2) is 0 Å². The summed E-state index contributed by atoms with van der Waals surface area (Å²) in [6.45, 7) is 1.33. The molecule has 0 bridgehead atoms. The van der Waals surface area contributed by atoms with Gasteiger partial charge in [0, 0.05) is 36.4 Å². The van der Waals surface area contributed by atoms with Gasteiger partial charge in [0.1, 0.15) is 0 Å². The van der Waals surface area contributed by atoms with Gasteiger partial charge in [-0.2, -0.15) is 0 Å². The first kappa shape index (κ1) is 13.9. The van der Waals surface area contributed by atoms with Crippen molar-refractivity contribution >= 4 is 23.3 Å². The van der Waals surface area contributed by atoms with Gasteiger partial charge in [-0.25, -0.2) is 4.79 Å². The highest BCUT2D eigenvalue weighted by atomic mass is 16.2. The largest absolute Gasteiger partial charge is 0.336 e. The molecule has 2 aliphatic rings. The van der Waals surface area contributed by atoms with Crippen LogP contribution in [-0.4, -0.2) is 30.6 Å². The van der Waals surface area contributed by atoms with Gasteiger partial charge in [-0.15, -0.1) is 0 Å². The summed E-state index contributed by atoms with van der Waals surface area (Å²) in [6.07, 6.45) is 3.31. The van der Waals surface area contributed by atoms with E-state index in [9.17, 15) is 9.59 Å². The first-order valence-corrected chi connectivity index (χ1v) is 7.30. The monoisotopic (exact) mass is 288 g/mol. The second-order valence-corrected chi connectivity index (χ2v) is 5.87. The van der Waals surface area contributed by atoms with Crippen molar-refractivity contribution in [2.75, 3.05) is 23.3 Å². The molecule has 4 N–H and O–H groups in total. The minimum Gasteiger partial charge on any atom is -0.336 e. The molecule has 1 heterocycles. The van der Waals surface area contributed by atoms with Crippen molar-refractivity contribution in [1.82, 2.24) is 5.32 Å². The third-order valence-electron chi connectivity index (χ3n) is 4.18. The molecule has 2 fully saturated rings. The lowest BCUT2D eigenvalue weighted by molar-refractivity contribution is -0.118. The zero-order valence-electron chi connectivity index (χ0n) is 11.9. The molecule has 0 radical (unpaired) electrons. The molecule has 6 nitrogen and oxygen atoms in total. The lowest BCUT2D eigenvalue weighted by atomic mass is 9.75. The van der Waals surface area contributed by atoms with Crippen molar-refractivity contribution in [1.29, 1.82) is 0 Å². The standard InChI is InChI=1S/C15H20N4O2/c16-15(6-1-7-15)10-13(20)18-11-2-4-12(5-3-11)19-9-8-17-14(19)21/h2-5H,1,6-10,16H2,(H,17,21)(H,18,20). The van der Waals surface area contributed by atoms with Crippen molar-refractivity contribution in [2.45, 2.75) is 31.2 Å². The van der Waals surface area contributed by atoms with Gasteiger partial charge >= 0.3 is 6.03 Å². The fourth-order valence-electron chi connectivity index (χ4n) is 2.78. The molecule has 0 aromatic heterocycles. The minimum absolute atomic E-state index is 0.0520. The quantitative estimate of drug-likeness (QED) is 0.783. The number of anilines is 2. The van der Waals surface area contributed by atoms with Gasteiger partial charge in [-0.3, -0.25) is 9.69 Å². The summed E-state index contributed by atoms with van der Waals surface area (Å²) in [4.78, 5) is 25.2. The van der Waals surface area contributed by atoms with E-state index in [-0.39, 0.29) is 17.5 Å². The Kier molecular flexibility index (Phi) is 3.55. The number of nitrogens with one attached hydrogen (secondary N) is 2. The van der Waals surface area contributed by atoms with Crippen LogP contribution in [0.25, 0.3) is 0 Å². The fraction of sp³-hybridized carbons (Fsp3) is 0.467. The average Bonchev–Trinajstić information content (AvgIpc) is 2.84. The van der Waals surface area contributed by atoms with Crippen LogP contribution in [0.1, 0.15) is 25.7 Å². The van der Waals surface area contributed by atoms with Gasteiger partial charge in [0.2, 0.25) is 5.91 Å². The molecular formula is C15H20N4O2. The molecule has 1 aliphatic heterocycles. The number of amides is 3. The van der Waals surface area contributed by atoms with E-state index < -0.39 is 0 Å². The smallest absolute Gasteiger partial charge is 0.321 e.